The van der Waals surface area contributed by atoms with Crippen molar-refractivity contribution in [2.45, 2.75) is 36.2 Å². The van der Waals surface area contributed by atoms with Crippen molar-refractivity contribution in [3.63, 3.8) is 0 Å². The summed E-state index contributed by atoms with van der Waals surface area (Å²) in [6.07, 6.45) is 3.60. The van der Waals surface area contributed by atoms with Crippen LogP contribution >= 0.6 is 11.8 Å². The van der Waals surface area contributed by atoms with Crippen molar-refractivity contribution in [2.75, 3.05) is 19.3 Å². The molecular formula is C17H22N2O3S. The number of carbonyl (C=O) groups is 2. The van der Waals surface area contributed by atoms with Gasteiger partial charge in [0, 0.05) is 31.0 Å². The molecule has 2 aliphatic heterocycles. The van der Waals surface area contributed by atoms with Gasteiger partial charge in [-0.15, -0.1) is 11.8 Å². The molecule has 23 heavy (non-hydrogen) atoms. The molecule has 0 saturated carbocycles. The Morgan fingerprint density at radius 2 is 2.17 bits per heavy atom. The fraction of sp³-hybridized carbons (Fsp3) is 0.529. The van der Waals surface area contributed by atoms with E-state index in [1.807, 2.05) is 0 Å². The summed E-state index contributed by atoms with van der Waals surface area (Å²) in [5.41, 5.74) is 0.735. The van der Waals surface area contributed by atoms with Crippen molar-refractivity contribution < 1.29 is 14.7 Å². The van der Waals surface area contributed by atoms with E-state index < -0.39 is 17.4 Å². The molecule has 1 aromatic carbocycles. The molecule has 1 aromatic rings. The van der Waals surface area contributed by atoms with Crippen LogP contribution in [-0.4, -0.2) is 46.8 Å². The van der Waals surface area contributed by atoms with Gasteiger partial charge in [-0.25, -0.2) is 0 Å². The number of thioether (sulfide) groups is 1. The highest BCUT2D eigenvalue weighted by Gasteiger charge is 2.51. The second-order valence-electron chi connectivity index (χ2n) is 6.43. The largest absolute Gasteiger partial charge is 0.481 e. The standard InChI is InChI=1S/C17H22N2O3S/c1-23-13-4-2-3-12(9-13)11-19-7-5-17(6-8-19)14(16(21)22)10-15(20)18-17/h2-4,9,14H,5-8,10-11H2,1H3,(H,18,20)(H,21,22). The van der Waals surface area contributed by atoms with Crippen LogP contribution in [0.3, 0.4) is 0 Å². The fourth-order valence-corrected chi connectivity index (χ4v) is 4.22. The molecule has 3 rings (SSSR count). The van der Waals surface area contributed by atoms with Crippen LogP contribution in [0.5, 0.6) is 0 Å². The van der Waals surface area contributed by atoms with Crippen LogP contribution in [0.4, 0.5) is 0 Å². The van der Waals surface area contributed by atoms with Crippen LogP contribution in [0.25, 0.3) is 0 Å². The zero-order valence-electron chi connectivity index (χ0n) is 13.2. The minimum absolute atomic E-state index is 0.116. The number of hydrogen-bond acceptors (Lipinski definition) is 4. The third kappa shape index (κ3) is 3.38. The number of likely N-dealkylation sites (tertiary alicyclic amines) is 1. The average Bonchev–Trinajstić information content (AvgIpc) is 2.86. The Labute approximate surface area is 140 Å². The minimum atomic E-state index is -0.857. The maximum absolute atomic E-state index is 11.7. The Bertz CT molecular complexity index is 612. The topological polar surface area (TPSA) is 69.6 Å². The number of carboxylic acids is 1. The number of benzene rings is 1. The molecule has 1 atom stereocenters. The molecule has 1 unspecified atom stereocenters. The zero-order chi connectivity index (χ0) is 16.4. The summed E-state index contributed by atoms with van der Waals surface area (Å²) in [6, 6.07) is 8.50. The Morgan fingerprint density at radius 1 is 1.43 bits per heavy atom. The third-order valence-electron chi connectivity index (χ3n) is 5.03. The zero-order valence-corrected chi connectivity index (χ0v) is 14.1. The van der Waals surface area contributed by atoms with Gasteiger partial charge in [-0.1, -0.05) is 12.1 Å². The van der Waals surface area contributed by atoms with Crippen LogP contribution < -0.4 is 5.32 Å². The summed E-state index contributed by atoms with van der Waals surface area (Å²) in [5.74, 6) is -1.57. The summed E-state index contributed by atoms with van der Waals surface area (Å²) in [7, 11) is 0. The van der Waals surface area contributed by atoms with Gasteiger partial charge in [-0.3, -0.25) is 14.5 Å². The Kier molecular flexibility index (Phi) is 4.64. The quantitative estimate of drug-likeness (QED) is 0.824. The van der Waals surface area contributed by atoms with E-state index in [1.165, 1.54) is 10.5 Å². The van der Waals surface area contributed by atoms with E-state index >= 15 is 0 Å². The summed E-state index contributed by atoms with van der Waals surface area (Å²) in [5, 5.41) is 12.4. The van der Waals surface area contributed by atoms with Crippen molar-refractivity contribution in [2.24, 2.45) is 5.92 Å². The van der Waals surface area contributed by atoms with Gasteiger partial charge in [0.25, 0.3) is 0 Å². The first-order valence-electron chi connectivity index (χ1n) is 7.91. The Balaban J connectivity index is 1.64. The first kappa shape index (κ1) is 16.3. The maximum atomic E-state index is 11.7. The highest BCUT2D eigenvalue weighted by Crippen LogP contribution is 2.37. The molecule has 2 N–H and O–H groups in total. The summed E-state index contributed by atoms with van der Waals surface area (Å²) >= 11 is 1.73. The lowest BCUT2D eigenvalue weighted by atomic mass is 9.77. The highest BCUT2D eigenvalue weighted by molar-refractivity contribution is 7.98. The molecule has 1 spiro atoms. The number of nitrogens with zero attached hydrogens (tertiary/aromatic N) is 1. The number of carboxylic acid groups (broad SMARTS) is 1. The van der Waals surface area contributed by atoms with E-state index in [-0.39, 0.29) is 12.3 Å². The molecule has 2 heterocycles. The maximum Gasteiger partial charge on any atom is 0.309 e. The lowest BCUT2D eigenvalue weighted by molar-refractivity contribution is -0.144. The minimum Gasteiger partial charge on any atom is -0.481 e. The van der Waals surface area contributed by atoms with Gasteiger partial charge < -0.3 is 10.4 Å². The summed E-state index contributed by atoms with van der Waals surface area (Å²) in [6.45, 7) is 2.50. The lowest BCUT2D eigenvalue weighted by Gasteiger charge is -2.41. The number of amides is 1. The first-order valence-corrected chi connectivity index (χ1v) is 9.14. The van der Waals surface area contributed by atoms with Crippen molar-refractivity contribution in [3.05, 3.63) is 29.8 Å². The first-order chi connectivity index (χ1) is 11.0. The monoisotopic (exact) mass is 334 g/mol. The number of nitrogens with one attached hydrogen (secondary N) is 1. The van der Waals surface area contributed by atoms with E-state index in [2.05, 4.69) is 40.7 Å². The smallest absolute Gasteiger partial charge is 0.309 e. The normalized spacial score (nSPS) is 23.9. The van der Waals surface area contributed by atoms with Crippen LogP contribution in [0.15, 0.2) is 29.2 Å². The van der Waals surface area contributed by atoms with Gasteiger partial charge in [0.1, 0.15) is 0 Å². The Hall–Kier alpha value is -1.53. The summed E-state index contributed by atoms with van der Waals surface area (Å²) < 4.78 is 0. The van der Waals surface area contributed by atoms with Crippen LogP contribution in [0.1, 0.15) is 24.8 Å². The molecule has 5 nitrogen and oxygen atoms in total. The molecule has 1 amide bonds. The third-order valence-corrected chi connectivity index (χ3v) is 5.76. The average molecular weight is 334 g/mol. The second kappa shape index (κ2) is 6.53. The molecule has 2 saturated heterocycles. The number of rotatable bonds is 4. The molecule has 0 aromatic heterocycles. The number of aliphatic carboxylic acids is 1. The predicted octanol–water partition coefficient (Wildman–Crippen LogP) is 1.96. The van der Waals surface area contributed by atoms with E-state index in [4.69, 9.17) is 0 Å². The molecule has 0 bridgehead atoms. The van der Waals surface area contributed by atoms with Crippen molar-refractivity contribution in [3.8, 4) is 0 Å². The lowest BCUT2D eigenvalue weighted by Crippen LogP contribution is -2.55. The number of hydrogen-bond donors (Lipinski definition) is 2. The predicted molar refractivity (Wildman–Crippen MR) is 89.4 cm³/mol. The molecule has 0 radical (unpaired) electrons. The van der Waals surface area contributed by atoms with Crippen LogP contribution in [-0.2, 0) is 16.1 Å². The second-order valence-corrected chi connectivity index (χ2v) is 7.31. The molecular weight excluding hydrogens is 312 g/mol. The van der Waals surface area contributed by atoms with Crippen molar-refractivity contribution in [1.29, 1.82) is 0 Å². The van der Waals surface area contributed by atoms with Gasteiger partial charge >= 0.3 is 5.97 Å². The van der Waals surface area contributed by atoms with Crippen molar-refractivity contribution in [1.82, 2.24) is 10.2 Å². The van der Waals surface area contributed by atoms with Gasteiger partial charge in [-0.05, 0) is 36.8 Å². The molecule has 124 valence electrons. The fourth-order valence-electron chi connectivity index (χ4n) is 3.73. The van der Waals surface area contributed by atoms with Crippen LogP contribution in [0.2, 0.25) is 0 Å². The van der Waals surface area contributed by atoms with Crippen LogP contribution in [0, 0.1) is 5.92 Å². The van der Waals surface area contributed by atoms with E-state index in [0.29, 0.717) is 12.8 Å². The van der Waals surface area contributed by atoms with Gasteiger partial charge in [-0.2, -0.15) is 0 Å². The summed E-state index contributed by atoms with van der Waals surface area (Å²) in [4.78, 5) is 26.7. The van der Waals surface area contributed by atoms with Gasteiger partial charge in [0.15, 0.2) is 0 Å². The van der Waals surface area contributed by atoms with Crippen molar-refractivity contribution >= 4 is 23.6 Å². The van der Waals surface area contributed by atoms with Gasteiger partial charge in [0.2, 0.25) is 5.91 Å². The highest BCUT2D eigenvalue weighted by atomic mass is 32.2. The molecule has 0 aliphatic carbocycles. The van der Waals surface area contributed by atoms with E-state index in [9.17, 15) is 14.7 Å². The number of piperidine rings is 1. The SMILES string of the molecule is CSc1cccc(CN2CCC3(CC2)NC(=O)CC3C(=O)O)c1. The molecule has 2 aliphatic rings. The number of carbonyl (C=O) groups excluding carboxylic acids is 1. The van der Waals surface area contributed by atoms with Gasteiger partial charge in [0.05, 0.1) is 11.5 Å². The van der Waals surface area contributed by atoms with E-state index in [0.717, 1.165) is 19.6 Å². The molecule has 2 fully saturated rings. The Morgan fingerprint density at radius 3 is 2.83 bits per heavy atom. The van der Waals surface area contributed by atoms with E-state index in [1.54, 1.807) is 11.8 Å². The molecule has 6 heteroatoms.